The first kappa shape index (κ1) is 14.8. The minimum Gasteiger partial charge on any atom is -0.466 e. The van der Waals surface area contributed by atoms with Gasteiger partial charge >= 0.3 is 0 Å². The zero-order chi connectivity index (χ0) is 14.9. The molecule has 2 nitrogen and oxygen atoms in total. The molecule has 20 heavy (non-hydrogen) atoms. The van der Waals surface area contributed by atoms with Gasteiger partial charge in [0.25, 0.3) is 0 Å². The number of nitrogens with one attached hydrogen (secondary N) is 1. The van der Waals surface area contributed by atoms with E-state index in [0.29, 0.717) is 11.1 Å². The number of rotatable bonds is 4. The third-order valence-electron chi connectivity index (χ3n) is 3.59. The van der Waals surface area contributed by atoms with E-state index >= 15 is 0 Å². The Balaban J connectivity index is 2.51. The third kappa shape index (κ3) is 2.78. The highest BCUT2D eigenvalue weighted by Gasteiger charge is 2.19. The van der Waals surface area contributed by atoms with Crippen LogP contribution in [0.3, 0.4) is 0 Å². The van der Waals surface area contributed by atoms with Crippen LogP contribution in [0.5, 0.6) is 0 Å². The van der Waals surface area contributed by atoms with Gasteiger partial charge in [-0.15, -0.1) is 0 Å². The maximum Gasteiger partial charge on any atom is 0.129 e. The van der Waals surface area contributed by atoms with Crippen LogP contribution in [0.25, 0.3) is 0 Å². The second kappa shape index (κ2) is 5.80. The van der Waals surface area contributed by atoms with Gasteiger partial charge in [-0.25, -0.2) is 4.39 Å². The first-order valence-corrected chi connectivity index (χ1v) is 7.01. The Kier molecular flexibility index (Phi) is 4.29. The molecule has 0 aliphatic rings. The fourth-order valence-electron chi connectivity index (χ4n) is 2.69. The minimum atomic E-state index is -0.121. The van der Waals surface area contributed by atoms with Crippen molar-refractivity contribution >= 4 is 0 Å². The molecular formula is C17H22FNO. The smallest absolute Gasteiger partial charge is 0.129 e. The Hall–Kier alpha value is -1.61. The van der Waals surface area contributed by atoms with Gasteiger partial charge in [0.15, 0.2) is 0 Å². The van der Waals surface area contributed by atoms with E-state index in [9.17, 15) is 4.39 Å². The van der Waals surface area contributed by atoms with E-state index in [2.05, 4.69) is 18.3 Å². The monoisotopic (exact) mass is 275 g/mol. The van der Waals surface area contributed by atoms with Gasteiger partial charge in [0.2, 0.25) is 0 Å². The van der Waals surface area contributed by atoms with Crippen molar-refractivity contribution in [2.75, 3.05) is 6.54 Å². The molecule has 0 aliphatic carbocycles. The zero-order valence-electron chi connectivity index (χ0n) is 12.8. The van der Waals surface area contributed by atoms with Crippen LogP contribution >= 0.6 is 0 Å². The molecule has 0 saturated carbocycles. The van der Waals surface area contributed by atoms with Gasteiger partial charge in [-0.2, -0.15) is 0 Å². The molecule has 0 bridgehead atoms. The highest BCUT2D eigenvalue weighted by atomic mass is 19.1. The van der Waals surface area contributed by atoms with Crippen molar-refractivity contribution in [3.8, 4) is 0 Å². The quantitative estimate of drug-likeness (QED) is 0.897. The summed E-state index contributed by atoms with van der Waals surface area (Å²) in [4.78, 5) is 0. The second-order valence-electron chi connectivity index (χ2n) is 5.33. The number of benzene rings is 1. The van der Waals surface area contributed by atoms with Crippen molar-refractivity contribution < 1.29 is 8.81 Å². The lowest BCUT2D eigenvalue weighted by Crippen LogP contribution is -2.22. The molecule has 0 spiro atoms. The molecule has 1 aromatic carbocycles. The Morgan fingerprint density at radius 3 is 2.15 bits per heavy atom. The predicted molar refractivity (Wildman–Crippen MR) is 79.6 cm³/mol. The normalized spacial score (nSPS) is 12.7. The Labute approximate surface area is 120 Å². The molecule has 0 aliphatic heterocycles. The van der Waals surface area contributed by atoms with Crippen molar-refractivity contribution in [2.45, 2.75) is 40.7 Å². The molecule has 0 radical (unpaired) electrons. The van der Waals surface area contributed by atoms with E-state index in [4.69, 9.17) is 4.42 Å². The third-order valence-corrected chi connectivity index (χ3v) is 3.59. The summed E-state index contributed by atoms with van der Waals surface area (Å²) >= 11 is 0. The maximum absolute atomic E-state index is 13.8. The largest absolute Gasteiger partial charge is 0.466 e. The number of hydrogen-bond donors (Lipinski definition) is 1. The van der Waals surface area contributed by atoms with E-state index in [1.54, 1.807) is 0 Å². The van der Waals surface area contributed by atoms with Crippen LogP contribution in [0.15, 0.2) is 22.6 Å². The van der Waals surface area contributed by atoms with Gasteiger partial charge in [0.05, 0.1) is 6.04 Å². The summed E-state index contributed by atoms with van der Waals surface area (Å²) in [7, 11) is 0. The fourth-order valence-corrected chi connectivity index (χ4v) is 2.69. The average Bonchev–Trinajstić information content (AvgIpc) is 2.71. The minimum absolute atomic E-state index is 0.0375. The molecule has 1 N–H and O–H groups in total. The van der Waals surface area contributed by atoms with E-state index < -0.39 is 0 Å². The zero-order valence-corrected chi connectivity index (χ0v) is 12.8. The summed E-state index contributed by atoms with van der Waals surface area (Å²) < 4.78 is 19.4. The average molecular weight is 275 g/mol. The van der Waals surface area contributed by atoms with Crippen LogP contribution in [0, 0.1) is 33.5 Å². The van der Waals surface area contributed by atoms with Crippen LogP contribution in [0.4, 0.5) is 4.39 Å². The van der Waals surface area contributed by atoms with Crippen molar-refractivity contribution in [1.82, 2.24) is 5.32 Å². The van der Waals surface area contributed by atoms with E-state index in [0.717, 1.165) is 29.2 Å². The predicted octanol–water partition coefficient (Wildman–Crippen LogP) is 4.35. The lowest BCUT2D eigenvalue weighted by Gasteiger charge is -2.19. The molecule has 2 rings (SSSR count). The number of hydrogen-bond acceptors (Lipinski definition) is 2. The summed E-state index contributed by atoms with van der Waals surface area (Å²) in [6, 6.07) is 5.92. The van der Waals surface area contributed by atoms with Crippen molar-refractivity contribution in [1.29, 1.82) is 0 Å². The number of aryl methyl sites for hydroxylation is 4. The van der Waals surface area contributed by atoms with Gasteiger partial charge in [0, 0.05) is 5.56 Å². The van der Waals surface area contributed by atoms with Crippen molar-refractivity contribution in [3.63, 3.8) is 0 Å². The molecule has 0 saturated heterocycles. The molecule has 1 aromatic heterocycles. The fraction of sp³-hybridized carbons (Fsp3) is 0.412. The summed E-state index contributed by atoms with van der Waals surface area (Å²) in [5, 5.41) is 3.46. The van der Waals surface area contributed by atoms with Crippen LogP contribution in [0.1, 0.15) is 46.7 Å². The molecule has 0 amide bonds. The molecule has 0 fully saturated rings. The second-order valence-corrected chi connectivity index (χ2v) is 5.33. The van der Waals surface area contributed by atoms with Gasteiger partial charge in [-0.3, -0.25) is 0 Å². The van der Waals surface area contributed by atoms with Crippen molar-refractivity contribution in [3.05, 3.63) is 57.8 Å². The standard InChI is InChI=1S/C17H22FNO/c1-6-19-17(15-9-12(4)20-13(15)5)14-7-10(2)16(18)11(3)8-14/h7-9,17,19H,6H2,1-5H3. The Morgan fingerprint density at radius 1 is 1.10 bits per heavy atom. The molecule has 108 valence electrons. The van der Waals surface area contributed by atoms with Crippen LogP contribution < -0.4 is 5.32 Å². The number of furan rings is 1. The maximum atomic E-state index is 13.8. The number of halogens is 1. The molecular weight excluding hydrogens is 253 g/mol. The topological polar surface area (TPSA) is 25.2 Å². The van der Waals surface area contributed by atoms with Crippen LogP contribution in [-0.4, -0.2) is 6.54 Å². The summed E-state index contributed by atoms with van der Waals surface area (Å²) in [6.07, 6.45) is 0. The highest BCUT2D eigenvalue weighted by Crippen LogP contribution is 2.29. The Bertz CT molecular complexity index is 592. The van der Waals surface area contributed by atoms with Crippen LogP contribution in [-0.2, 0) is 0 Å². The van der Waals surface area contributed by atoms with E-state index in [-0.39, 0.29) is 11.9 Å². The Morgan fingerprint density at radius 2 is 1.70 bits per heavy atom. The van der Waals surface area contributed by atoms with Gasteiger partial charge in [-0.1, -0.05) is 19.1 Å². The molecule has 3 heteroatoms. The molecule has 1 unspecified atom stereocenters. The van der Waals surface area contributed by atoms with Gasteiger partial charge in [-0.05, 0) is 57.0 Å². The molecule has 2 aromatic rings. The molecule has 1 heterocycles. The molecule has 1 atom stereocenters. The SMILES string of the molecule is CCNC(c1cc(C)c(F)c(C)c1)c1cc(C)oc1C. The highest BCUT2D eigenvalue weighted by molar-refractivity contribution is 5.39. The summed E-state index contributed by atoms with van der Waals surface area (Å²) in [6.45, 7) is 10.4. The summed E-state index contributed by atoms with van der Waals surface area (Å²) in [5.74, 6) is 1.69. The van der Waals surface area contributed by atoms with E-state index in [1.165, 1.54) is 0 Å². The first-order chi connectivity index (χ1) is 9.43. The van der Waals surface area contributed by atoms with E-state index in [1.807, 2.05) is 39.8 Å². The van der Waals surface area contributed by atoms with Crippen molar-refractivity contribution in [2.24, 2.45) is 0 Å². The van der Waals surface area contributed by atoms with Gasteiger partial charge < -0.3 is 9.73 Å². The first-order valence-electron chi connectivity index (χ1n) is 7.01. The lowest BCUT2D eigenvalue weighted by molar-refractivity contribution is 0.495. The van der Waals surface area contributed by atoms with Gasteiger partial charge in [0.1, 0.15) is 17.3 Å². The van der Waals surface area contributed by atoms with Crippen LogP contribution in [0.2, 0.25) is 0 Å². The lowest BCUT2D eigenvalue weighted by atomic mass is 9.95. The summed E-state index contributed by atoms with van der Waals surface area (Å²) in [5.41, 5.74) is 3.56.